The molecule has 0 spiro atoms. The molecule has 2 aromatic rings. The Morgan fingerprint density at radius 3 is 2.19 bits per heavy atom. The van der Waals surface area contributed by atoms with Gasteiger partial charge in [-0.05, 0) is 48.0 Å². The first-order valence-electron chi connectivity index (χ1n) is 7.81. The molecule has 0 aliphatic carbocycles. The molecule has 1 fully saturated rings. The Balaban J connectivity index is 1.70. The molecule has 27 heavy (non-hydrogen) atoms. The lowest BCUT2D eigenvalue weighted by molar-refractivity contribution is -0.121. The van der Waals surface area contributed by atoms with Crippen molar-refractivity contribution in [2.45, 2.75) is 0 Å². The summed E-state index contributed by atoms with van der Waals surface area (Å²) in [4.78, 5) is 37.1. The third kappa shape index (κ3) is 4.24. The van der Waals surface area contributed by atoms with E-state index in [0.717, 1.165) is 5.56 Å². The smallest absolute Gasteiger partial charge is 0.335 e. The molecule has 1 heterocycles. The lowest BCUT2D eigenvalue weighted by Gasteiger charge is -2.06. The largest absolute Gasteiger partial charge is 0.478 e. The van der Waals surface area contributed by atoms with E-state index >= 15 is 0 Å². The van der Waals surface area contributed by atoms with Crippen LogP contribution in [0.15, 0.2) is 53.4 Å². The molecule has 1 saturated heterocycles. The van der Waals surface area contributed by atoms with Crippen molar-refractivity contribution < 1.29 is 19.5 Å². The summed E-state index contributed by atoms with van der Waals surface area (Å²) in [6.45, 7) is 0. The fraction of sp³-hybridized carbons (Fsp3) is 0.0526. The molecule has 0 bridgehead atoms. The van der Waals surface area contributed by atoms with Gasteiger partial charge in [0.05, 0.1) is 10.5 Å². The Labute approximate surface area is 164 Å². The van der Waals surface area contributed by atoms with Crippen molar-refractivity contribution in [3.05, 3.63) is 70.1 Å². The van der Waals surface area contributed by atoms with Crippen LogP contribution in [0, 0.1) is 0 Å². The molecule has 8 heteroatoms. The van der Waals surface area contributed by atoms with E-state index in [1.807, 2.05) is 0 Å². The summed E-state index contributed by atoms with van der Waals surface area (Å²) in [6, 6.07) is 12.7. The van der Waals surface area contributed by atoms with Gasteiger partial charge in [-0.2, -0.15) is 0 Å². The molecule has 1 aliphatic rings. The number of aromatic carboxylic acids is 1. The number of likely N-dealkylation sites (N-methyl/N-ethyl adjacent to an activating group) is 1. The van der Waals surface area contributed by atoms with Gasteiger partial charge in [0.2, 0.25) is 0 Å². The number of anilines is 1. The van der Waals surface area contributed by atoms with Gasteiger partial charge < -0.3 is 10.4 Å². The van der Waals surface area contributed by atoms with Crippen LogP contribution in [0.4, 0.5) is 5.69 Å². The monoisotopic (exact) mass is 398 g/mol. The molecule has 0 unspecified atom stereocenters. The van der Waals surface area contributed by atoms with E-state index in [1.54, 1.807) is 37.4 Å². The number of nitrogens with zero attached hydrogens (tertiary/aromatic N) is 1. The van der Waals surface area contributed by atoms with Crippen LogP contribution in [0.1, 0.15) is 26.3 Å². The predicted octanol–water partition coefficient (Wildman–Crippen LogP) is 3.47. The fourth-order valence-corrected chi connectivity index (χ4v) is 3.51. The van der Waals surface area contributed by atoms with Crippen LogP contribution >= 0.6 is 24.0 Å². The highest BCUT2D eigenvalue weighted by Gasteiger charge is 2.28. The lowest BCUT2D eigenvalue weighted by atomic mass is 10.1. The van der Waals surface area contributed by atoms with Crippen LogP contribution in [0.3, 0.4) is 0 Å². The van der Waals surface area contributed by atoms with Gasteiger partial charge in [-0.3, -0.25) is 14.5 Å². The summed E-state index contributed by atoms with van der Waals surface area (Å²) in [5.74, 6) is -1.48. The highest BCUT2D eigenvalue weighted by atomic mass is 32.2. The van der Waals surface area contributed by atoms with E-state index in [0.29, 0.717) is 20.5 Å². The minimum Gasteiger partial charge on any atom is -0.478 e. The molecule has 2 amide bonds. The SMILES string of the molecule is CN1C(=O)/C(=C/c2ccc(C(=O)Nc3ccc(C(=O)O)cc3)cc2)SC1=S. The summed E-state index contributed by atoms with van der Waals surface area (Å²) >= 11 is 6.33. The van der Waals surface area contributed by atoms with E-state index in [-0.39, 0.29) is 17.4 Å². The molecule has 0 atom stereocenters. The van der Waals surface area contributed by atoms with Crippen LogP contribution in [0.25, 0.3) is 6.08 Å². The molecule has 2 N–H and O–H groups in total. The number of carboxylic acids is 1. The normalized spacial score (nSPS) is 15.3. The number of carbonyl (C=O) groups excluding carboxylic acids is 2. The highest BCUT2D eigenvalue weighted by molar-refractivity contribution is 8.26. The molecule has 1 aliphatic heterocycles. The summed E-state index contributed by atoms with van der Waals surface area (Å²) in [5, 5.41) is 11.6. The molecule has 0 aromatic heterocycles. The zero-order valence-corrected chi connectivity index (χ0v) is 15.8. The Morgan fingerprint density at radius 2 is 1.67 bits per heavy atom. The zero-order chi connectivity index (χ0) is 19.6. The van der Waals surface area contributed by atoms with Crippen molar-refractivity contribution in [1.29, 1.82) is 0 Å². The van der Waals surface area contributed by atoms with Gasteiger partial charge in [-0.1, -0.05) is 36.1 Å². The third-order valence-electron chi connectivity index (χ3n) is 3.85. The second kappa shape index (κ2) is 7.73. The number of thiocarbonyl (C=S) groups is 1. The molecule has 0 saturated carbocycles. The van der Waals surface area contributed by atoms with Crippen LogP contribution in [-0.2, 0) is 4.79 Å². The van der Waals surface area contributed by atoms with Crippen molar-refractivity contribution in [3.63, 3.8) is 0 Å². The van der Waals surface area contributed by atoms with Crippen LogP contribution < -0.4 is 5.32 Å². The Morgan fingerprint density at radius 1 is 1.07 bits per heavy atom. The topological polar surface area (TPSA) is 86.7 Å². The van der Waals surface area contributed by atoms with Gasteiger partial charge >= 0.3 is 5.97 Å². The van der Waals surface area contributed by atoms with Gasteiger partial charge in [-0.15, -0.1) is 0 Å². The number of amides is 2. The standard InChI is InChI=1S/C19H14N2O4S2/c1-21-17(23)15(27-19(21)26)10-11-2-4-12(5-3-11)16(22)20-14-8-6-13(7-9-14)18(24)25/h2-10H,1H3,(H,20,22)(H,24,25)/b15-10-. The van der Waals surface area contributed by atoms with E-state index in [2.05, 4.69) is 5.32 Å². The van der Waals surface area contributed by atoms with Crippen molar-refractivity contribution in [2.24, 2.45) is 0 Å². The van der Waals surface area contributed by atoms with E-state index in [9.17, 15) is 14.4 Å². The van der Waals surface area contributed by atoms with Gasteiger partial charge in [0, 0.05) is 18.3 Å². The number of nitrogens with one attached hydrogen (secondary N) is 1. The molecule has 6 nitrogen and oxygen atoms in total. The van der Waals surface area contributed by atoms with Crippen LogP contribution in [0.5, 0.6) is 0 Å². The molecular formula is C19H14N2O4S2. The molecular weight excluding hydrogens is 384 g/mol. The predicted molar refractivity (Wildman–Crippen MR) is 109 cm³/mol. The van der Waals surface area contributed by atoms with Crippen LogP contribution in [-0.4, -0.2) is 39.2 Å². The van der Waals surface area contributed by atoms with Gasteiger partial charge in [0.1, 0.15) is 4.32 Å². The number of benzene rings is 2. The van der Waals surface area contributed by atoms with Crippen molar-refractivity contribution in [2.75, 3.05) is 12.4 Å². The third-order valence-corrected chi connectivity index (χ3v) is 5.33. The molecule has 0 radical (unpaired) electrons. The molecule has 136 valence electrons. The Kier molecular flexibility index (Phi) is 5.38. The van der Waals surface area contributed by atoms with Crippen molar-refractivity contribution >= 4 is 57.8 Å². The number of hydrogen-bond acceptors (Lipinski definition) is 5. The van der Waals surface area contributed by atoms with Gasteiger partial charge in [0.15, 0.2) is 0 Å². The second-order valence-electron chi connectivity index (χ2n) is 5.70. The van der Waals surface area contributed by atoms with E-state index in [4.69, 9.17) is 17.3 Å². The number of rotatable bonds is 4. The fourth-order valence-electron chi connectivity index (χ4n) is 2.33. The van der Waals surface area contributed by atoms with E-state index < -0.39 is 5.97 Å². The minimum absolute atomic E-state index is 0.142. The molecule has 3 rings (SSSR count). The highest BCUT2D eigenvalue weighted by Crippen LogP contribution is 2.31. The van der Waals surface area contributed by atoms with Gasteiger partial charge in [-0.25, -0.2) is 4.79 Å². The quantitative estimate of drug-likeness (QED) is 0.606. The van der Waals surface area contributed by atoms with Gasteiger partial charge in [0.25, 0.3) is 11.8 Å². The summed E-state index contributed by atoms with van der Waals surface area (Å²) < 4.78 is 0.510. The number of carboxylic acid groups (broad SMARTS) is 1. The van der Waals surface area contributed by atoms with Crippen LogP contribution in [0.2, 0.25) is 0 Å². The average molecular weight is 398 g/mol. The molecule has 2 aromatic carbocycles. The summed E-state index contributed by atoms with van der Waals surface area (Å²) in [6.07, 6.45) is 1.73. The lowest BCUT2D eigenvalue weighted by Crippen LogP contribution is -2.22. The number of thioether (sulfide) groups is 1. The summed E-state index contributed by atoms with van der Waals surface area (Å²) in [7, 11) is 1.63. The summed E-state index contributed by atoms with van der Waals surface area (Å²) in [5.41, 5.74) is 1.87. The first kappa shape index (κ1) is 18.8. The minimum atomic E-state index is -1.02. The van der Waals surface area contributed by atoms with E-state index in [1.165, 1.54) is 40.9 Å². The second-order valence-corrected chi connectivity index (χ2v) is 7.38. The van der Waals surface area contributed by atoms with Crippen molar-refractivity contribution in [1.82, 2.24) is 4.90 Å². The first-order chi connectivity index (χ1) is 12.8. The maximum Gasteiger partial charge on any atom is 0.335 e. The first-order valence-corrected chi connectivity index (χ1v) is 9.04. The maximum atomic E-state index is 12.3. The van der Waals surface area contributed by atoms with Crippen molar-refractivity contribution in [3.8, 4) is 0 Å². The number of carbonyl (C=O) groups is 3. The maximum absolute atomic E-state index is 12.3. The zero-order valence-electron chi connectivity index (χ0n) is 14.1. The Hall–Kier alpha value is -2.97. The Bertz CT molecular complexity index is 966. The number of hydrogen-bond donors (Lipinski definition) is 2. The average Bonchev–Trinajstić information content (AvgIpc) is 2.89.